The molecule has 0 aliphatic rings. The van der Waals surface area contributed by atoms with E-state index < -0.39 is 47.9 Å². The number of rotatable bonds is 14. The summed E-state index contributed by atoms with van der Waals surface area (Å²) in [6.07, 6.45) is 1.69. The largest absolute Gasteiger partial charge is 0.360 e. The molecule has 0 aliphatic carbocycles. The molecule has 0 radical (unpaired) electrons. The highest BCUT2D eigenvalue weighted by Crippen LogP contribution is 2.19. The summed E-state index contributed by atoms with van der Waals surface area (Å²) >= 11 is 6.27. The van der Waals surface area contributed by atoms with Crippen LogP contribution in [-0.4, -0.2) is 53.0 Å². The Kier molecular flexibility index (Phi) is 11.9. The second-order valence-corrected chi connectivity index (χ2v) is 12.9. The molecule has 0 aliphatic heterocycles. The van der Waals surface area contributed by atoms with E-state index in [-0.39, 0.29) is 23.9 Å². The maximum absolute atomic E-state index is 13.8. The first-order valence-electron chi connectivity index (χ1n) is 15.4. The summed E-state index contributed by atoms with van der Waals surface area (Å²) in [6, 6.07) is 21.1. The number of aryl methyl sites for hydroxylation is 1. The number of hydrogen-bond donors (Lipinski definition) is 5. The molecule has 2 atom stereocenters. The van der Waals surface area contributed by atoms with Gasteiger partial charge in [0.05, 0.1) is 12.0 Å². The molecule has 5 N–H and O–H groups in total. The molecule has 10 nitrogen and oxygen atoms in total. The molecular formula is C36H40ClN5O5. The summed E-state index contributed by atoms with van der Waals surface area (Å²) in [4.78, 5) is 69.6. The minimum Gasteiger partial charge on any atom is -0.360 e. The molecule has 4 amide bonds. The number of aromatic amines is 1. The van der Waals surface area contributed by atoms with Crippen molar-refractivity contribution in [3.8, 4) is 0 Å². The van der Waals surface area contributed by atoms with Crippen LogP contribution in [0, 0.1) is 5.41 Å². The molecule has 0 spiro atoms. The molecule has 0 saturated carbocycles. The van der Waals surface area contributed by atoms with Gasteiger partial charge in [-0.05, 0) is 41.5 Å². The number of Topliss-reactive ketones (excluding diaryl/α,β-unsaturated/α-hetero) is 1. The number of fused-ring (bicyclic) bond motifs is 1. The number of H-pyrrole nitrogens is 1. The summed E-state index contributed by atoms with van der Waals surface area (Å²) in [5.41, 5.74) is 2.23. The molecule has 3 aromatic carbocycles. The standard InChI is InChI=1S/C36H40ClN5O5/c1-36(2,3)22-40-31(43)19-30(42-35(47)32(44)26-21-38-28-16-10-8-14-25(26)28)34(46)41-29(18-17-23-11-5-4-6-12-23)33(45)39-20-24-13-7-9-15-27(24)37/h4-16,21,29-30,38H,17-20,22H2,1-3H3,(H,39,45)(H,40,43)(H,41,46)(H,42,47)/t29-,30-/m0/s1. The number of para-hydroxylation sites is 1. The first kappa shape index (κ1) is 34.9. The Bertz CT molecular complexity index is 1730. The summed E-state index contributed by atoms with van der Waals surface area (Å²) in [6.45, 7) is 6.28. The fourth-order valence-electron chi connectivity index (χ4n) is 4.88. The molecule has 0 saturated heterocycles. The predicted molar refractivity (Wildman–Crippen MR) is 182 cm³/mol. The van der Waals surface area contributed by atoms with Crippen LogP contribution in [0.4, 0.5) is 0 Å². The normalized spacial score (nSPS) is 12.5. The molecule has 0 bridgehead atoms. The van der Waals surface area contributed by atoms with E-state index in [0.717, 1.165) is 5.56 Å². The highest BCUT2D eigenvalue weighted by Gasteiger charge is 2.31. The zero-order valence-electron chi connectivity index (χ0n) is 26.7. The lowest BCUT2D eigenvalue weighted by molar-refractivity contribution is -0.133. The second kappa shape index (κ2) is 16.0. The van der Waals surface area contributed by atoms with E-state index in [2.05, 4.69) is 26.3 Å². The van der Waals surface area contributed by atoms with Crippen LogP contribution in [0.2, 0.25) is 5.02 Å². The van der Waals surface area contributed by atoms with Gasteiger partial charge in [0.15, 0.2) is 0 Å². The summed E-state index contributed by atoms with van der Waals surface area (Å²) in [7, 11) is 0. The van der Waals surface area contributed by atoms with Crippen LogP contribution < -0.4 is 21.3 Å². The van der Waals surface area contributed by atoms with Gasteiger partial charge in [0.25, 0.3) is 11.7 Å². The molecule has 246 valence electrons. The van der Waals surface area contributed by atoms with Gasteiger partial charge in [-0.25, -0.2) is 0 Å². The topological polar surface area (TPSA) is 149 Å². The zero-order chi connectivity index (χ0) is 34.0. The predicted octanol–water partition coefficient (Wildman–Crippen LogP) is 4.48. The van der Waals surface area contributed by atoms with Gasteiger partial charge in [0, 0.05) is 35.2 Å². The van der Waals surface area contributed by atoms with Crippen molar-refractivity contribution >= 4 is 51.9 Å². The fourth-order valence-corrected chi connectivity index (χ4v) is 5.08. The minimum atomic E-state index is -1.44. The van der Waals surface area contributed by atoms with E-state index in [1.807, 2.05) is 51.1 Å². The van der Waals surface area contributed by atoms with Crippen molar-refractivity contribution in [3.05, 3.63) is 107 Å². The Morgan fingerprint density at radius 1 is 0.787 bits per heavy atom. The average Bonchev–Trinajstić information content (AvgIpc) is 3.48. The minimum absolute atomic E-state index is 0.130. The fraction of sp³-hybridized carbons (Fsp3) is 0.306. The highest BCUT2D eigenvalue weighted by atomic mass is 35.5. The first-order valence-corrected chi connectivity index (χ1v) is 15.8. The SMILES string of the molecule is CC(C)(C)CNC(=O)C[C@H](NC(=O)C(=O)c1c[nH]c2ccccc12)C(=O)N[C@@H](CCc1ccccc1)C(=O)NCc1ccccc1Cl. The van der Waals surface area contributed by atoms with Gasteiger partial charge in [-0.15, -0.1) is 0 Å². The van der Waals surface area contributed by atoms with E-state index in [9.17, 15) is 24.0 Å². The Balaban J connectivity index is 1.53. The van der Waals surface area contributed by atoms with Gasteiger partial charge in [0.1, 0.15) is 12.1 Å². The van der Waals surface area contributed by atoms with Gasteiger partial charge in [-0.1, -0.05) is 99.1 Å². The molecular weight excluding hydrogens is 618 g/mol. The number of carbonyl (C=O) groups is 5. The van der Waals surface area contributed by atoms with E-state index >= 15 is 0 Å². The lowest BCUT2D eigenvalue weighted by Crippen LogP contribution is -2.55. The number of carbonyl (C=O) groups excluding carboxylic acids is 5. The Labute approximate surface area is 279 Å². The van der Waals surface area contributed by atoms with Crippen molar-refractivity contribution in [1.82, 2.24) is 26.3 Å². The third-order valence-corrected chi connectivity index (χ3v) is 7.84. The van der Waals surface area contributed by atoms with Crippen LogP contribution in [0.5, 0.6) is 0 Å². The van der Waals surface area contributed by atoms with E-state index in [4.69, 9.17) is 11.6 Å². The first-order chi connectivity index (χ1) is 22.4. The number of benzene rings is 3. The van der Waals surface area contributed by atoms with Crippen molar-refractivity contribution in [2.75, 3.05) is 6.54 Å². The van der Waals surface area contributed by atoms with Gasteiger partial charge < -0.3 is 26.3 Å². The number of amides is 4. The molecule has 47 heavy (non-hydrogen) atoms. The van der Waals surface area contributed by atoms with Crippen LogP contribution in [-0.2, 0) is 32.1 Å². The van der Waals surface area contributed by atoms with Crippen molar-refractivity contribution in [3.63, 3.8) is 0 Å². The third kappa shape index (κ3) is 10.3. The van der Waals surface area contributed by atoms with Crippen molar-refractivity contribution in [2.45, 2.75) is 58.7 Å². The lowest BCUT2D eigenvalue weighted by Gasteiger charge is -2.24. The molecule has 1 aromatic heterocycles. The Hall–Kier alpha value is -4.96. The number of ketones is 1. The smallest absolute Gasteiger partial charge is 0.293 e. The van der Waals surface area contributed by atoms with E-state index in [1.54, 1.807) is 48.5 Å². The van der Waals surface area contributed by atoms with Gasteiger partial charge >= 0.3 is 0 Å². The van der Waals surface area contributed by atoms with Crippen LogP contribution in [0.3, 0.4) is 0 Å². The van der Waals surface area contributed by atoms with Crippen LogP contribution >= 0.6 is 11.6 Å². The van der Waals surface area contributed by atoms with E-state index in [1.165, 1.54) is 6.20 Å². The monoisotopic (exact) mass is 657 g/mol. The quantitative estimate of drug-likeness (QED) is 0.100. The molecule has 4 aromatic rings. The Morgan fingerprint density at radius 3 is 2.19 bits per heavy atom. The number of hydrogen-bond acceptors (Lipinski definition) is 5. The van der Waals surface area contributed by atoms with Crippen LogP contribution in [0.25, 0.3) is 10.9 Å². The maximum atomic E-state index is 13.8. The van der Waals surface area contributed by atoms with Crippen LogP contribution in [0.1, 0.15) is 55.1 Å². The summed E-state index contributed by atoms with van der Waals surface area (Å²) in [5.74, 6) is -3.66. The summed E-state index contributed by atoms with van der Waals surface area (Å²) < 4.78 is 0. The number of aromatic nitrogens is 1. The zero-order valence-corrected chi connectivity index (χ0v) is 27.4. The average molecular weight is 658 g/mol. The highest BCUT2D eigenvalue weighted by molar-refractivity contribution is 6.45. The van der Waals surface area contributed by atoms with Gasteiger partial charge in [-0.2, -0.15) is 0 Å². The molecule has 11 heteroatoms. The van der Waals surface area contributed by atoms with E-state index in [0.29, 0.717) is 34.5 Å². The Morgan fingerprint density at radius 2 is 1.47 bits per heavy atom. The number of halogens is 1. The molecule has 4 rings (SSSR count). The third-order valence-electron chi connectivity index (χ3n) is 7.48. The van der Waals surface area contributed by atoms with Crippen molar-refractivity contribution < 1.29 is 24.0 Å². The second-order valence-electron chi connectivity index (χ2n) is 12.5. The lowest BCUT2D eigenvalue weighted by atomic mass is 9.97. The summed E-state index contributed by atoms with van der Waals surface area (Å²) in [5, 5.41) is 11.8. The molecule has 0 fully saturated rings. The van der Waals surface area contributed by atoms with Crippen molar-refractivity contribution in [1.29, 1.82) is 0 Å². The van der Waals surface area contributed by atoms with Gasteiger partial charge in [-0.3, -0.25) is 24.0 Å². The van der Waals surface area contributed by atoms with Gasteiger partial charge in [0.2, 0.25) is 17.7 Å². The maximum Gasteiger partial charge on any atom is 0.293 e. The van der Waals surface area contributed by atoms with Crippen LogP contribution in [0.15, 0.2) is 85.1 Å². The van der Waals surface area contributed by atoms with Crippen molar-refractivity contribution in [2.24, 2.45) is 5.41 Å². The number of nitrogens with one attached hydrogen (secondary N) is 5. The molecule has 1 heterocycles. The molecule has 0 unspecified atom stereocenters.